The summed E-state index contributed by atoms with van der Waals surface area (Å²) < 4.78 is 15.1. The zero-order chi connectivity index (χ0) is 16.2. The van der Waals surface area contributed by atoms with Crippen molar-refractivity contribution >= 4 is 11.6 Å². The normalized spacial score (nSPS) is 10.5. The monoisotopic (exact) mass is 310 g/mol. The molecule has 5 nitrogen and oxygen atoms in total. The van der Waals surface area contributed by atoms with Gasteiger partial charge in [0.15, 0.2) is 5.69 Å². The Morgan fingerprint density at radius 1 is 1.22 bits per heavy atom. The summed E-state index contributed by atoms with van der Waals surface area (Å²) in [7, 11) is 0. The summed E-state index contributed by atoms with van der Waals surface area (Å²) >= 11 is 0. The van der Waals surface area contributed by atoms with E-state index in [1.165, 1.54) is 6.07 Å². The zero-order valence-corrected chi connectivity index (χ0v) is 12.5. The van der Waals surface area contributed by atoms with E-state index in [0.29, 0.717) is 17.8 Å². The molecule has 1 N–H and O–H groups in total. The molecule has 0 fully saturated rings. The van der Waals surface area contributed by atoms with E-state index < -0.39 is 5.91 Å². The summed E-state index contributed by atoms with van der Waals surface area (Å²) in [6.07, 6.45) is 1.56. The number of rotatable bonds is 4. The van der Waals surface area contributed by atoms with Crippen LogP contribution in [0.3, 0.4) is 0 Å². The molecule has 6 heteroatoms. The van der Waals surface area contributed by atoms with Gasteiger partial charge in [-0.25, -0.2) is 9.07 Å². The highest BCUT2D eigenvalue weighted by molar-refractivity contribution is 6.02. The molecule has 1 amide bonds. The van der Waals surface area contributed by atoms with Crippen molar-refractivity contribution in [1.82, 2.24) is 15.0 Å². The van der Waals surface area contributed by atoms with Crippen molar-refractivity contribution in [2.45, 2.75) is 13.5 Å². The first-order valence-corrected chi connectivity index (χ1v) is 7.13. The molecule has 0 aliphatic rings. The quantitative estimate of drug-likeness (QED) is 0.806. The minimum absolute atomic E-state index is 0.182. The second kappa shape index (κ2) is 6.39. The molecular formula is C17H15FN4O. The molecule has 1 heterocycles. The molecule has 3 aromatic rings. The molecule has 0 unspecified atom stereocenters. The number of carbonyl (C=O) groups excluding carboxylic acids is 1. The average Bonchev–Trinajstić information content (AvgIpc) is 3.00. The van der Waals surface area contributed by atoms with Gasteiger partial charge >= 0.3 is 0 Å². The summed E-state index contributed by atoms with van der Waals surface area (Å²) in [6.45, 7) is 2.19. The van der Waals surface area contributed by atoms with Crippen LogP contribution in [0, 0.1) is 12.7 Å². The molecule has 0 radical (unpaired) electrons. The lowest BCUT2D eigenvalue weighted by Gasteiger charge is -2.04. The third-order valence-corrected chi connectivity index (χ3v) is 3.39. The SMILES string of the molecule is Cc1ccc(NC(=O)c2cn(Cc3ccccc3)nn2)cc1F. The maximum atomic E-state index is 13.5. The molecule has 3 rings (SSSR count). The van der Waals surface area contributed by atoms with Crippen LogP contribution in [0.15, 0.2) is 54.7 Å². The molecule has 116 valence electrons. The van der Waals surface area contributed by atoms with Crippen LogP contribution in [0.1, 0.15) is 21.6 Å². The minimum Gasteiger partial charge on any atom is -0.320 e. The summed E-state index contributed by atoms with van der Waals surface area (Å²) in [4.78, 5) is 12.1. The zero-order valence-electron chi connectivity index (χ0n) is 12.5. The maximum absolute atomic E-state index is 13.5. The third-order valence-electron chi connectivity index (χ3n) is 3.39. The van der Waals surface area contributed by atoms with E-state index in [9.17, 15) is 9.18 Å². The van der Waals surface area contributed by atoms with Crippen molar-refractivity contribution in [3.63, 3.8) is 0 Å². The molecule has 23 heavy (non-hydrogen) atoms. The first kappa shape index (κ1) is 14.9. The van der Waals surface area contributed by atoms with Crippen molar-refractivity contribution < 1.29 is 9.18 Å². The second-order valence-corrected chi connectivity index (χ2v) is 5.21. The van der Waals surface area contributed by atoms with Gasteiger partial charge in [0.05, 0.1) is 12.7 Å². The maximum Gasteiger partial charge on any atom is 0.277 e. The van der Waals surface area contributed by atoms with Gasteiger partial charge in [0.2, 0.25) is 0 Å². The van der Waals surface area contributed by atoms with E-state index in [4.69, 9.17) is 0 Å². The van der Waals surface area contributed by atoms with Crippen LogP contribution in [-0.4, -0.2) is 20.9 Å². The fourth-order valence-electron chi connectivity index (χ4n) is 2.12. The van der Waals surface area contributed by atoms with Crippen LogP contribution in [0.2, 0.25) is 0 Å². The fraction of sp³-hybridized carbons (Fsp3) is 0.118. The lowest BCUT2D eigenvalue weighted by atomic mass is 10.2. The molecular weight excluding hydrogens is 295 g/mol. The number of aromatic nitrogens is 3. The summed E-state index contributed by atoms with van der Waals surface area (Å²) in [5.74, 6) is -0.789. The number of hydrogen-bond acceptors (Lipinski definition) is 3. The molecule has 2 aromatic carbocycles. The Morgan fingerprint density at radius 3 is 2.74 bits per heavy atom. The van der Waals surface area contributed by atoms with Crippen molar-refractivity contribution in [1.29, 1.82) is 0 Å². The number of amides is 1. The molecule has 0 aliphatic heterocycles. The van der Waals surface area contributed by atoms with Gasteiger partial charge in [-0.1, -0.05) is 41.6 Å². The number of aryl methyl sites for hydroxylation is 1. The smallest absolute Gasteiger partial charge is 0.277 e. The standard InChI is InChI=1S/C17H15FN4O/c1-12-7-8-14(9-15(12)18)19-17(23)16-11-22(21-20-16)10-13-5-3-2-4-6-13/h2-9,11H,10H2,1H3,(H,19,23). The van der Waals surface area contributed by atoms with Gasteiger partial charge in [-0.3, -0.25) is 4.79 Å². The van der Waals surface area contributed by atoms with Crippen LogP contribution in [0.4, 0.5) is 10.1 Å². The topological polar surface area (TPSA) is 59.8 Å². The first-order valence-electron chi connectivity index (χ1n) is 7.13. The highest BCUT2D eigenvalue weighted by Gasteiger charge is 2.12. The van der Waals surface area contributed by atoms with Crippen molar-refractivity contribution in [3.8, 4) is 0 Å². The van der Waals surface area contributed by atoms with E-state index in [0.717, 1.165) is 5.56 Å². The Hall–Kier alpha value is -3.02. The van der Waals surface area contributed by atoms with Gasteiger partial charge in [0, 0.05) is 5.69 Å². The van der Waals surface area contributed by atoms with Gasteiger partial charge in [-0.05, 0) is 30.2 Å². The number of anilines is 1. The van der Waals surface area contributed by atoms with E-state index >= 15 is 0 Å². The number of benzene rings is 2. The second-order valence-electron chi connectivity index (χ2n) is 5.21. The van der Waals surface area contributed by atoms with Crippen LogP contribution < -0.4 is 5.32 Å². The summed E-state index contributed by atoms with van der Waals surface area (Å²) in [5.41, 5.74) is 2.15. The number of hydrogen-bond donors (Lipinski definition) is 1. The summed E-state index contributed by atoms with van der Waals surface area (Å²) in [5, 5.41) is 10.4. The Morgan fingerprint density at radius 2 is 2.00 bits per heavy atom. The Bertz CT molecular complexity index is 830. The van der Waals surface area contributed by atoms with Crippen molar-refractivity contribution in [2.75, 3.05) is 5.32 Å². The summed E-state index contributed by atoms with van der Waals surface area (Å²) in [6, 6.07) is 14.3. The number of nitrogens with one attached hydrogen (secondary N) is 1. The van der Waals surface area contributed by atoms with Crippen LogP contribution >= 0.6 is 0 Å². The van der Waals surface area contributed by atoms with Gasteiger partial charge in [0.25, 0.3) is 5.91 Å². The fourth-order valence-corrected chi connectivity index (χ4v) is 2.12. The average molecular weight is 310 g/mol. The van der Waals surface area contributed by atoms with E-state index in [1.54, 1.807) is 29.9 Å². The van der Waals surface area contributed by atoms with Gasteiger partial charge in [-0.2, -0.15) is 0 Å². The van der Waals surface area contributed by atoms with Crippen LogP contribution in [0.25, 0.3) is 0 Å². The van der Waals surface area contributed by atoms with Gasteiger partial charge in [-0.15, -0.1) is 5.10 Å². The molecule has 0 bridgehead atoms. The highest BCUT2D eigenvalue weighted by Crippen LogP contribution is 2.14. The van der Waals surface area contributed by atoms with Gasteiger partial charge in [0.1, 0.15) is 5.82 Å². The molecule has 1 aromatic heterocycles. The van der Waals surface area contributed by atoms with E-state index in [2.05, 4.69) is 15.6 Å². The minimum atomic E-state index is -0.424. The van der Waals surface area contributed by atoms with Crippen LogP contribution in [-0.2, 0) is 6.54 Å². The Kier molecular flexibility index (Phi) is 4.14. The predicted octanol–water partition coefficient (Wildman–Crippen LogP) is 3.03. The highest BCUT2D eigenvalue weighted by atomic mass is 19.1. The first-order chi connectivity index (χ1) is 11.1. The number of nitrogens with zero attached hydrogens (tertiary/aromatic N) is 3. The third kappa shape index (κ3) is 3.60. The van der Waals surface area contributed by atoms with Crippen LogP contribution in [0.5, 0.6) is 0 Å². The molecule has 0 spiro atoms. The lowest BCUT2D eigenvalue weighted by molar-refractivity contribution is 0.102. The Balaban J connectivity index is 1.69. The lowest BCUT2D eigenvalue weighted by Crippen LogP contribution is -2.12. The Labute approximate surface area is 132 Å². The van der Waals surface area contributed by atoms with E-state index in [-0.39, 0.29) is 11.5 Å². The number of carbonyl (C=O) groups is 1. The van der Waals surface area contributed by atoms with Crippen molar-refractivity contribution in [3.05, 3.63) is 77.4 Å². The molecule has 0 atom stereocenters. The van der Waals surface area contributed by atoms with E-state index in [1.807, 2.05) is 30.3 Å². The molecule has 0 aliphatic carbocycles. The molecule has 0 saturated heterocycles. The molecule has 0 saturated carbocycles. The van der Waals surface area contributed by atoms with Crippen molar-refractivity contribution in [2.24, 2.45) is 0 Å². The number of halogens is 1. The van der Waals surface area contributed by atoms with Gasteiger partial charge < -0.3 is 5.32 Å². The largest absolute Gasteiger partial charge is 0.320 e. The predicted molar refractivity (Wildman–Crippen MR) is 84.7 cm³/mol.